The number of anilines is 2. The van der Waals surface area contributed by atoms with E-state index in [9.17, 15) is 0 Å². The van der Waals surface area contributed by atoms with Crippen molar-refractivity contribution in [3.8, 4) is 0 Å². The Morgan fingerprint density at radius 2 is 2.19 bits per heavy atom. The van der Waals surface area contributed by atoms with Gasteiger partial charge in [0.1, 0.15) is 0 Å². The molecule has 1 N–H and O–H groups in total. The van der Waals surface area contributed by atoms with Crippen molar-refractivity contribution >= 4 is 11.4 Å². The quantitative estimate of drug-likeness (QED) is 0.838. The Morgan fingerprint density at radius 1 is 1.38 bits per heavy atom. The minimum Gasteiger partial charge on any atom is -0.385 e. The molecular formula is C14H22N2. The lowest BCUT2D eigenvalue weighted by Gasteiger charge is -2.25. The van der Waals surface area contributed by atoms with Crippen molar-refractivity contribution in [1.29, 1.82) is 0 Å². The SMILES string of the molecule is CC(C)CN(C)c1ccc2c(c1)CCCN2. The monoisotopic (exact) mass is 218 g/mol. The van der Waals surface area contributed by atoms with Crippen molar-refractivity contribution in [2.24, 2.45) is 5.92 Å². The van der Waals surface area contributed by atoms with Gasteiger partial charge in [-0.25, -0.2) is 0 Å². The van der Waals surface area contributed by atoms with Crippen LogP contribution in [0.1, 0.15) is 25.8 Å². The van der Waals surface area contributed by atoms with Gasteiger partial charge in [-0.2, -0.15) is 0 Å². The minimum atomic E-state index is 0.708. The van der Waals surface area contributed by atoms with Gasteiger partial charge in [-0.05, 0) is 42.5 Å². The van der Waals surface area contributed by atoms with Crippen LogP contribution in [0.5, 0.6) is 0 Å². The predicted molar refractivity (Wildman–Crippen MR) is 71.4 cm³/mol. The lowest BCUT2D eigenvalue weighted by molar-refractivity contribution is 0.638. The third-order valence-corrected chi connectivity index (χ3v) is 3.11. The lowest BCUT2D eigenvalue weighted by Crippen LogP contribution is -2.23. The van der Waals surface area contributed by atoms with Crippen molar-refractivity contribution in [3.05, 3.63) is 23.8 Å². The van der Waals surface area contributed by atoms with Gasteiger partial charge >= 0.3 is 0 Å². The summed E-state index contributed by atoms with van der Waals surface area (Å²) in [5.74, 6) is 0.708. The second kappa shape index (κ2) is 4.77. The standard InChI is InChI=1S/C14H22N2/c1-11(2)10-16(3)13-6-7-14-12(9-13)5-4-8-15-14/h6-7,9,11,15H,4-5,8,10H2,1-3H3. The first-order valence-electron chi connectivity index (χ1n) is 6.25. The third-order valence-electron chi connectivity index (χ3n) is 3.11. The molecule has 88 valence electrons. The van der Waals surface area contributed by atoms with Crippen LogP contribution >= 0.6 is 0 Å². The number of nitrogens with zero attached hydrogens (tertiary/aromatic N) is 1. The van der Waals surface area contributed by atoms with Crippen molar-refractivity contribution < 1.29 is 0 Å². The fourth-order valence-electron chi connectivity index (χ4n) is 2.35. The maximum Gasteiger partial charge on any atom is 0.0374 e. The van der Waals surface area contributed by atoms with Crippen molar-refractivity contribution in [1.82, 2.24) is 0 Å². The summed E-state index contributed by atoms with van der Waals surface area (Å²) in [6.07, 6.45) is 2.47. The average Bonchev–Trinajstić information content (AvgIpc) is 2.27. The number of hydrogen-bond acceptors (Lipinski definition) is 2. The van der Waals surface area contributed by atoms with E-state index in [1.54, 1.807) is 0 Å². The van der Waals surface area contributed by atoms with E-state index in [4.69, 9.17) is 0 Å². The highest BCUT2D eigenvalue weighted by atomic mass is 15.1. The van der Waals surface area contributed by atoms with Gasteiger partial charge in [0.15, 0.2) is 0 Å². The van der Waals surface area contributed by atoms with Crippen LogP contribution in [0.3, 0.4) is 0 Å². The summed E-state index contributed by atoms with van der Waals surface area (Å²) in [5.41, 5.74) is 4.14. The zero-order chi connectivity index (χ0) is 11.5. The fourth-order valence-corrected chi connectivity index (χ4v) is 2.35. The molecule has 2 heteroatoms. The van der Waals surface area contributed by atoms with E-state index in [0.717, 1.165) is 13.1 Å². The molecule has 1 aromatic rings. The van der Waals surface area contributed by atoms with Crippen LogP contribution in [0.4, 0.5) is 11.4 Å². The molecule has 0 atom stereocenters. The summed E-state index contributed by atoms with van der Waals surface area (Å²) in [5, 5.41) is 3.45. The highest BCUT2D eigenvalue weighted by Crippen LogP contribution is 2.26. The molecule has 0 aliphatic carbocycles. The van der Waals surface area contributed by atoms with Gasteiger partial charge in [-0.3, -0.25) is 0 Å². The Kier molecular flexibility index (Phi) is 3.37. The topological polar surface area (TPSA) is 15.3 Å². The van der Waals surface area contributed by atoms with Crippen LogP contribution in [-0.2, 0) is 6.42 Å². The second-order valence-electron chi connectivity index (χ2n) is 5.15. The molecule has 0 fully saturated rings. The number of fused-ring (bicyclic) bond motifs is 1. The number of benzene rings is 1. The molecule has 0 amide bonds. The maximum absolute atomic E-state index is 3.45. The number of rotatable bonds is 3. The summed E-state index contributed by atoms with van der Waals surface area (Å²) in [7, 11) is 2.18. The Balaban J connectivity index is 2.16. The van der Waals surface area contributed by atoms with Crippen molar-refractivity contribution in [2.45, 2.75) is 26.7 Å². The molecule has 16 heavy (non-hydrogen) atoms. The second-order valence-corrected chi connectivity index (χ2v) is 5.15. The number of nitrogens with one attached hydrogen (secondary N) is 1. The van der Waals surface area contributed by atoms with Gasteiger partial charge in [0.25, 0.3) is 0 Å². The van der Waals surface area contributed by atoms with Gasteiger partial charge in [-0.15, -0.1) is 0 Å². The van der Waals surface area contributed by atoms with Crippen LogP contribution < -0.4 is 10.2 Å². The molecule has 1 heterocycles. The molecule has 1 aliphatic rings. The van der Waals surface area contributed by atoms with E-state index in [2.05, 4.69) is 49.3 Å². The van der Waals surface area contributed by atoms with Crippen LogP contribution in [-0.4, -0.2) is 20.1 Å². The smallest absolute Gasteiger partial charge is 0.0374 e. The zero-order valence-electron chi connectivity index (χ0n) is 10.6. The first-order chi connectivity index (χ1) is 7.66. The number of aryl methyl sites for hydroxylation is 1. The van der Waals surface area contributed by atoms with E-state index >= 15 is 0 Å². The average molecular weight is 218 g/mol. The summed E-state index contributed by atoms with van der Waals surface area (Å²) < 4.78 is 0. The van der Waals surface area contributed by atoms with Gasteiger partial charge in [-0.1, -0.05) is 13.8 Å². The molecule has 0 aromatic heterocycles. The Labute approximate surface area is 98.7 Å². The van der Waals surface area contributed by atoms with Crippen LogP contribution in [0.25, 0.3) is 0 Å². The number of hydrogen-bond donors (Lipinski definition) is 1. The van der Waals surface area contributed by atoms with E-state index in [0.29, 0.717) is 5.92 Å². The lowest BCUT2D eigenvalue weighted by atomic mass is 10.0. The molecule has 0 spiro atoms. The molecular weight excluding hydrogens is 196 g/mol. The molecule has 2 nitrogen and oxygen atoms in total. The van der Waals surface area contributed by atoms with Crippen LogP contribution in [0, 0.1) is 5.92 Å². The highest BCUT2D eigenvalue weighted by Gasteiger charge is 2.10. The van der Waals surface area contributed by atoms with Crippen molar-refractivity contribution in [3.63, 3.8) is 0 Å². The van der Waals surface area contributed by atoms with Gasteiger partial charge in [0.05, 0.1) is 0 Å². The maximum atomic E-state index is 3.45. The first kappa shape index (κ1) is 11.3. The Morgan fingerprint density at radius 3 is 2.94 bits per heavy atom. The normalized spacial score (nSPS) is 14.5. The third kappa shape index (κ3) is 2.49. The van der Waals surface area contributed by atoms with E-state index < -0.39 is 0 Å². The zero-order valence-corrected chi connectivity index (χ0v) is 10.6. The minimum absolute atomic E-state index is 0.708. The van der Waals surface area contributed by atoms with Crippen molar-refractivity contribution in [2.75, 3.05) is 30.4 Å². The van der Waals surface area contributed by atoms with Gasteiger partial charge in [0.2, 0.25) is 0 Å². The van der Waals surface area contributed by atoms with E-state index in [-0.39, 0.29) is 0 Å². The predicted octanol–water partition coefficient (Wildman–Crippen LogP) is 3.14. The largest absolute Gasteiger partial charge is 0.385 e. The Bertz CT molecular complexity index is 358. The first-order valence-corrected chi connectivity index (χ1v) is 6.25. The summed E-state index contributed by atoms with van der Waals surface area (Å²) >= 11 is 0. The summed E-state index contributed by atoms with van der Waals surface area (Å²) in [6, 6.07) is 6.78. The van der Waals surface area contributed by atoms with Crippen LogP contribution in [0.2, 0.25) is 0 Å². The molecule has 0 saturated carbocycles. The van der Waals surface area contributed by atoms with Gasteiger partial charge in [0, 0.05) is 31.5 Å². The molecule has 2 rings (SSSR count). The van der Waals surface area contributed by atoms with E-state index in [1.165, 1.54) is 29.8 Å². The fraction of sp³-hybridized carbons (Fsp3) is 0.571. The van der Waals surface area contributed by atoms with E-state index in [1.807, 2.05) is 0 Å². The van der Waals surface area contributed by atoms with Crippen LogP contribution in [0.15, 0.2) is 18.2 Å². The molecule has 1 aromatic carbocycles. The molecule has 1 aliphatic heterocycles. The molecule has 0 radical (unpaired) electrons. The summed E-state index contributed by atoms with van der Waals surface area (Å²) in [6.45, 7) is 6.76. The Hall–Kier alpha value is -1.18. The van der Waals surface area contributed by atoms with Gasteiger partial charge < -0.3 is 10.2 Å². The molecule has 0 saturated heterocycles. The molecule has 0 bridgehead atoms. The summed E-state index contributed by atoms with van der Waals surface area (Å²) in [4.78, 5) is 2.35. The molecule has 0 unspecified atom stereocenters. The highest BCUT2D eigenvalue weighted by molar-refractivity contribution is 5.61.